The minimum atomic E-state index is -1.29. The van der Waals surface area contributed by atoms with Crippen molar-refractivity contribution in [1.82, 2.24) is 15.2 Å². The van der Waals surface area contributed by atoms with Gasteiger partial charge in [-0.1, -0.05) is 72.3 Å². The molecule has 1 aliphatic rings. The third-order valence-corrected chi connectivity index (χ3v) is 5.27. The summed E-state index contributed by atoms with van der Waals surface area (Å²) in [7, 11) is 0. The second kappa shape index (κ2) is 8.57. The Balaban J connectivity index is 1.59. The molecule has 7 nitrogen and oxygen atoms in total. The lowest BCUT2D eigenvalue weighted by Crippen LogP contribution is -2.46. The van der Waals surface area contributed by atoms with Crippen LogP contribution in [0.15, 0.2) is 79.0 Å². The van der Waals surface area contributed by atoms with E-state index in [2.05, 4.69) is 15.6 Å². The van der Waals surface area contributed by atoms with Crippen molar-refractivity contribution >= 4 is 35.3 Å². The first-order chi connectivity index (χ1) is 15.0. The van der Waals surface area contributed by atoms with E-state index in [0.717, 1.165) is 10.5 Å². The highest BCUT2D eigenvalue weighted by Gasteiger charge is 2.52. The molecule has 2 heterocycles. The summed E-state index contributed by atoms with van der Waals surface area (Å²) in [4.78, 5) is 43.7. The molecular formula is C23H19ClN4O3. The molecule has 0 radical (unpaired) electrons. The van der Waals surface area contributed by atoms with E-state index in [1.165, 1.54) is 12.3 Å². The van der Waals surface area contributed by atoms with Crippen LogP contribution >= 0.6 is 11.6 Å². The number of carbonyl (C=O) groups is 3. The van der Waals surface area contributed by atoms with E-state index in [4.69, 9.17) is 11.6 Å². The molecule has 2 N–H and O–H groups in total. The summed E-state index contributed by atoms with van der Waals surface area (Å²) in [6, 6.07) is 21.0. The third-order valence-electron chi connectivity index (χ3n) is 5.05. The predicted molar refractivity (Wildman–Crippen MR) is 116 cm³/mol. The Bertz CT molecular complexity index is 1110. The number of nitrogens with one attached hydrogen (secondary N) is 2. The van der Waals surface area contributed by atoms with Crippen LogP contribution < -0.4 is 10.6 Å². The number of rotatable bonds is 6. The number of nitrogens with zero attached hydrogens (tertiary/aromatic N) is 2. The zero-order valence-corrected chi connectivity index (χ0v) is 17.2. The van der Waals surface area contributed by atoms with Crippen molar-refractivity contribution in [2.45, 2.75) is 12.0 Å². The first-order valence-electron chi connectivity index (χ1n) is 9.63. The number of hydrogen-bond donors (Lipinski definition) is 2. The maximum Gasteiger partial charge on any atom is 0.325 e. The Morgan fingerprint density at radius 1 is 1.00 bits per heavy atom. The van der Waals surface area contributed by atoms with Crippen LogP contribution in [-0.4, -0.2) is 34.3 Å². The summed E-state index contributed by atoms with van der Waals surface area (Å²) in [5.41, 5.74) is 0.245. The van der Waals surface area contributed by atoms with E-state index in [1.807, 2.05) is 48.5 Å². The van der Waals surface area contributed by atoms with E-state index in [-0.39, 0.29) is 12.2 Å². The van der Waals surface area contributed by atoms with Crippen LogP contribution in [0.25, 0.3) is 0 Å². The number of benzene rings is 2. The predicted octanol–water partition coefficient (Wildman–Crippen LogP) is 3.36. The van der Waals surface area contributed by atoms with Crippen molar-refractivity contribution in [2.24, 2.45) is 0 Å². The Morgan fingerprint density at radius 2 is 1.68 bits per heavy atom. The van der Waals surface area contributed by atoms with Gasteiger partial charge < -0.3 is 10.6 Å². The van der Waals surface area contributed by atoms with Crippen LogP contribution in [0.4, 0.5) is 10.6 Å². The Hall–Kier alpha value is -3.71. The van der Waals surface area contributed by atoms with Gasteiger partial charge in [0.2, 0.25) is 5.91 Å². The summed E-state index contributed by atoms with van der Waals surface area (Å²) < 4.78 is 0. The molecular weight excluding hydrogens is 416 g/mol. The molecule has 0 bridgehead atoms. The van der Waals surface area contributed by atoms with Crippen LogP contribution in [0, 0.1) is 0 Å². The first kappa shape index (κ1) is 20.6. The van der Waals surface area contributed by atoms with E-state index in [1.54, 1.807) is 18.2 Å². The number of halogens is 1. The third kappa shape index (κ3) is 4.27. The smallest absolute Gasteiger partial charge is 0.319 e. The van der Waals surface area contributed by atoms with Gasteiger partial charge in [-0.25, -0.2) is 9.78 Å². The number of aromatic nitrogens is 1. The van der Waals surface area contributed by atoms with Gasteiger partial charge in [-0.2, -0.15) is 0 Å². The van der Waals surface area contributed by atoms with Crippen molar-refractivity contribution in [1.29, 1.82) is 0 Å². The molecule has 0 saturated carbocycles. The van der Waals surface area contributed by atoms with Crippen LogP contribution in [-0.2, 0) is 21.5 Å². The Morgan fingerprint density at radius 3 is 2.32 bits per heavy atom. The molecule has 1 atom stereocenters. The summed E-state index contributed by atoms with van der Waals surface area (Å²) in [5.74, 6) is -0.742. The largest absolute Gasteiger partial charge is 0.325 e. The number of carbonyl (C=O) groups excluding carboxylic acids is 3. The highest BCUT2D eigenvalue weighted by atomic mass is 35.5. The molecule has 4 amide bonds. The maximum absolute atomic E-state index is 13.5. The molecule has 0 aliphatic carbocycles. The minimum absolute atomic E-state index is 0.263. The number of amides is 4. The second-order valence-electron chi connectivity index (χ2n) is 7.17. The van der Waals surface area contributed by atoms with Crippen LogP contribution in [0.2, 0.25) is 5.02 Å². The molecule has 156 valence electrons. The van der Waals surface area contributed by atoms with Gasteiger partial charge in [-0.15, -0.1) is 0 Å². The molecule has 1 unspecified atom stereocenters. The van der Waals surface area contributed by atoms with Crippen LogP contribution in [0.5, 0.6) is 0 Å². The van der Waals surface area contributed by atoms with Gasteiger partial charge >= 0.3 is 6.03 Å². The number of hydrogen-bond acceptors (Lipinski definition) is 4. The molecule has 8 heteroatoms. The fraction of sp³-hybridized carbons (Fsp3) is 0.130. The normalized spacial score (nSPS) is 18.0. The lowest BCUT2D eigenvalue weighted by molar-refractivity contribution is -0.134. The van der Waals surface area contributed by atoms with Gasteiger partial charge in [0.05, 0.1) is 5.02 Å². The van der Waals surface area contributed by atoms with Crippen LogP contribution in [0.3, 0.4) is 0 Å². The van der Waals surface area contributed by atoms with Gasteiger partial charge in [0.15, 0.2) is 5.54 Å². The average Bonchev–Trinajstić information content (AvgIpc) is 3.01. The number of urea groups is 1. The van der Waals surface area contributed by atoms with Crippen molar-refractivity contribution < 1.29 is 14.4 Å². The fourth-order valence-electron chi connectivity index (χ4n) is 3.59. The van der Waals surface area contributed by atoms with E-state index in [0.29, 0.717) is 10.6 Å². The summed E-state index contributed by atoms with van der Waals surface area (Å²) in [6.45, 7) is -0.432. The molecule has 1 saturated heterocycles. The van der Waals surface area contributed by atoms with Gasteiger partial charge in [0.25, 0.3) is 5.91 Å². The molecule has 2 aromatic carbocycles. The summed E-state index contributed by atoms with van der Waals surface area (Å²) >= 11 is 5.80. The van der Waals surface area contributed by atoms with E-state index in [9.17, 15) is 14.4 Å². The highest BCUT2D eigenvalue weighted by Crippen LogP contribution is 2.33. The molecule has 3 aromatic rings. The minimum Gasteiger partial charge on any atom is -0.319 e. The Kier molecular flexibility index (Phi) is 5.68. The maximum atomic E-state index is 13.5. The highest BCUT2D eigenvalue weighted by molar-refractivity contribution is 6.30. The van der Waals surface area contributed by atoms with Gasteiger partial charge in [0, 0.05) is 12.6 Å². The van der Waals surface area contributed by atoms with Crippen molar-refractivity contribution in [2.75, 3.05) is 11.9 Å². The Labute approximate surface area is 184 Å². The van der Waals surface area contributed by atoms with Crippen molar-refractivity contribution in [3.05, 3.63) is 95.1 Å². The quantitative estimate of drug-likeness (QED) is 0.582. The molecule has 4 rings (SSSR count). The second-order valence-corrected chi connectivity index (χ2v) is 7.60. The van der Waals surface area contributed by atoms with Gasteiger partial charge in [0.1, 0.15) is 12.4 Å². The summed E-state index contributed by atoms with van der Waals surface area (Å²) in [5, 5.41) is 5.84. The molecule has 1 fully saturated rings. The molecule has 1 aromatic heterocycles. The standard InChI is InChI=1S/C23H19ClN4O3/c24-18-11-12-19(25-14-18)26-20(29)15-28-21(30)23(27-22(28)31,17-9-5-2-6-10-17)13-16-7-3-1-4-8-16/h1-12,14H,13,15H2,(H,27,31)(H,25,26,29). The summed E-state index contributed by atoms with van der Waals surface area (Å²) in [6.07, 6.45) is 1.66. The topological polar surface area (TPSA) is 91.4 Å². The lowest BCUT2D eigenvalue weighted by Gasteiger charge is -2.27. The van der Waals surface area contributed by atoms with Crippen LogP contribution in [0.1, 0.15) is 11.1 Å². The van der Waals surface area contributed by atoms with Gasteiger partial charge in [-0.3, -0.25) is 14.5 Å². The molecule has 1 aliphatic heterocycles. The molecule has 0 spiro atoms. The number of pyridine rings is 1. The van der Waals surface area contributed by atoms with Crippen molar-refractivity contribution in [3.8, 4) is 0 Å². The average molecular weight is 435 g/mol. The van der Waals surface area contributed by atoms with E-state index < -0.39 is 29.9 Å². The van der Waals surface area contributed by atoms with Gasteiger partial charge in [-0.05, 0) is 23.3 Å². The SMILES string of the molecule is O=C(CN1C(=O)NC(Cc2ccccc2)(c2ccccc2)C1=O)Nc1ccc(Cl)cn1. The monoisotopic (exact) mass is 434 g/mol. The number of imide groups is 1. The zero-order chi connectivity index (χ0) is 21.8. The fourth-order valence-corrected chi connectivity index (χ4v) is 3.70. The number of anilines is 1. The molecule has 31 heavy (non-hydrogen) atoms. The van der Waals surface area contributed by atoms with E-state index >= 15 is 0 Å². The lowest BCUT2D eigenvalue weighted by atomic mass is 9.83. The zero-order valence-electron chi connectivity index (χ0n) is 16.4. The van der Waals surface area contributed by atoms with Crippen molar-refractivity contribution in [3.63, 3.8) is 0 Å². The first-order valence-corrected chi connectivity index (χ1v) is 10.0.